The normalized spacial score (nSPS) is 20.4. The lowest BCUT2D eigenvalue weighted by molar-refractivity contribution is -0.144. The summed E-state index contributed by atoms with van der Waals surface area (Å²) in [6.07, 6.45) is -1.59. The Morgan fingerprint density at radius 2 is 2.53 bits per heavy atom. The average Bonchev–Trinajstić information content (AvgIpc) is 2.77. The van der Waals surface area contributed by atoms with Gasteiger partial charge in [-0.15, -0.1) is 11.3 Å². The van der Waals surface area contributed by atoms with E-state index >= 15 is 0 Å². The molecule has 1 N–H and O–H groups in total. The summed E-state index contributed by atoms with van der Waals surface area (Å²) >= 11 is 1.52. The highest BCUT2D eigenvalue weighted by Crippen LogP contribution is 2.17. The maximum absolute atomic E-state index is 11.3. The molecule has 0 bridgehead atoms. The number of nitrogens with zero attached hydrogens (tertiary/aromatic N) is 1. The van der Waals surface area contributed by atoms with Crippen molar-refractivity contribution in [2.45, 2.75) is 12.6 Å². The second-order valence-electron chi connectivity index (χ2n) is 3.17. The van der Waals surface area contributed by atoms with Gasteiger partial charge >= 0.3 is 12.1 Å². The second kappa shape index (κ2) is 3.90. The van der Waals surface area contributed by atoms with Crippen molar-refractivity contribution >= 4 is 23.4 Å². The molecule has 0 saturated carbocycles. The van der Waals surface area contributed by atoms with Gasteiger partial charge in [0.15, 0.2) is 0 Å². The molecule has 6 heteroatoms. The van der Waals surface area contributed by atoms with E-state index in [1.165, 1.54) is 16.2 Å². The summed E-state index contributed by atoms with van der Waals surface area (Å²) in [6, 6.07) is 3.78. The van der Waals surface area contributed by atoms with E-state index in [9.17, 15) is 9.59 Å². The summed E-state index contributed by atoms with van der Waals surface area (Å²) in [7, 11) is 0. The molecular formula is C9H9NO4S. The lowest BCUT2D eigenvalue weighted by atomic mass is 10.3. The van der Waals surface area contributed by atoms with Gasteiger partial charge in [-0.2, -0.15) is 0 Å². The third-order valence-electron chi connectivity index (χ3n) is 2.09. The smallest absolute Gasteiger partial charge is 0.411 e. The first-order valence-corrected chi connectivity index (χ1v) is 5.25. The quantitative estimate of drug-likeness (QED) is 0.841. The second-order valence-corrected chi connectivity index (χ2v) is 4.20. The van der Waals surface area contributed by atoms with Crippen LogP contribution in [0.15, 0.2) is 17.5 Å². The molecule has 1 saturated heterocycles. The molecule has 1 unspecified atom stereocenters. The molecule has 15 heavy (non-hydrogen) atoms. The van der Waals surface area contributed by atoms with E-state index in [-0.39, 0.29) is 6.54 Å². The fourth-order valence-corrected chi connectivity index (χ4v) is 2.08. The molecule has 0 spiro atoms. The summed E-state index contributed by atoms with van der Waals surface area (Å²) in [6.45, 7) is 0.534. The van der Waals surface area contributed by atoms with E-state index in [2.05, 4.69) is 4.74 Å². The minimum absolute atomic E-state index is 0.117. The van der Waals surface area contributed by atoms with Gasteiger partial charge < -0.3 is 9.84 Å². The van der Waals surface area contributed by atoms with Crippen LogP contribution in [-0.2, 0) is 16.1 Å². The maximum Gasteiger partial charge on any atom is 0.411 e. The van der Waals surface area contributed by atoms with Crippen LogP contribution in [0.2, 0.25) is 0 Å². The van der Waals surface area contributed by atoms with Crippen molar-refractivity contribution in [3.8, 4) is 0 Å². The molecule has 0 aromatic carbocycles. The molecule has 5 nitrogen and oxygen atoms in total. The summed E-state index contributed by atoms with van der Waals surface area (Å²) in [5.74, 6) is -1.10. The molecule has 1 aliphatic rings. The Balaban J connectivity index is 2.00. The van der Waals surface area contributed by atoms with Gasteiger partial charge in [-0.05, 0) is 11.4 Å². The van der Waals surface area contributed by atoms with E-state index < -0.39 is 18.2 Å². The molecule has 1 aromatic rings. The van der Waals surface area contributed by atoms with E-state index in [1.54, 1.807) is 0 Å². The average molecular weight is 227 g/mol. The Bertz CT molecular complexity index is 375. The fourth-order valence-electron chi connectivity index (χ4n) is 1.36. The molecule has 1 aromatic heterocycles. The predicted molar refractivity (Wildman–Crippen MR) is 52.6 cm³/mol. The van der Waals surface area contributed by atoms with Gasteiger partial charge in [-0.1, -0.05) is 6.07 Å². The van der Waals surface area contributed by atoms with Crippen LogP contribution in [-0.4, -0.2) is 34.7 Å². The molecule has 2 rings (SSSR count). The van der Waals surface area contributed by atoms with Crippen LogP contribution < -0.4 is 0 Å². The standard InChI is InChI=1S/C9H9NO4S/c11-8(12)7-5-10(9(13)14-7)4-6-2-1-3-15-6/h1-3,7H,4-5H2,(H,11,12). The summed E-state index contributed by atoms with van der Waals surface area (Å²) in [5.41, 5.74) is 0. The number of cyclic esters (lactones) is 1. The van der Waals surface area contributed by atoms with Gasteiger partial charge in [0.2, 0.25) is 6.10 Å². The summed E-state index contributed by atoms with van der Waals surface area (Å²) in [4.78, 5) is 24.3. The number of carbonyl (C=O) groups excluding carboxylic acids is 1. The van der Waals surface area contributed by atoms with Gasteiger partial charge in [0, 0.05) is 4.88 Å². The number of carboxylic acids is 1. The van der Waals surface area contributed by atoms with Gasteiger partial charge in [0.1, 0.15) is 0 Å². The Morgan fingerprint density at radius 1 is 1.73 bits per heavy atom. The van der Waals surface area contributed by atoms with Gasteiger partial charge in [-0.25, -0.2) is 9.59 Å². The first-order valence-electron chi connectivity index (χ1n) is 4.37. The zero-order valence-electron chi connectivity index (χ0n) is 7.75. The van der Waals surface area contributed by atoms with Gasteiger partial charge in [0.05, 0.1) is 13.1 Å². The molecule has 2 heterocycles. The first-order chi connectivity index (χ1) is 7.16. The van der Waals surface area contributed by atoms with Gasteiger partial charge in [-0.3, -0.25) is 4.90 Å². The number of hydrogen-bond acceptors (Lipinski definition) is 4. The van der Waals surface area contributed by atoms with Crippen molar-refractivity contribution in [3.63, 3.8) is 0 Å². The fraction of sp³-hybridized carbons (Fsp3) is 0.333. The minimum Gasteiger partial charge on any atom is -0.478 e. The van der Waals surface area contributed by atoms with Crippen LogP contribution in [0.5, 0.6) is 0 Å². The molecule has 0 aliphatic carbocycles. The Morgan fingerprint density at radius 3 is 3.07 bits per heavy atom. The van der Waals surface area contributed by atoms with E-state index in [0.717, 1.165) is 4.88 Å². The maximum atomic E-state index is 11.3. The van der Waals surface area contributed by atoms with Crippen LogP contribution in [0.1, 0.15) is 4.88 Å². The van der Waals surface area contributed by atoms with Crippen LogP contribution in [0, 0.1) is 0 Å². The lowest BCUT2D eigenvalue weighted by Crippen LogP contribution is -2.27. The van der Waals surface area contributed by atoms with Crippen LogP contribution in [0.4, 0.5) is 4.79 Å². The predicted octanol–water partition coefficient (Wildman–Crippen LogP) is 1.15. The number of carboxylic acid groups (broad SMARTS) is 1. The van der Waals surface area contributed by atoms with Crippen LogP contribution in [0.25, 0.3) is 0 Å². The summed E-state index contributed by atoms with van der Waals surface area (Å²) < 4.78 is 4.68. The number of carbonyl (C=O) groups is 2. The van der Waals surface area contributed by atoms with E-state index in [0.29, 0.717) is 6.54 Å². The number of ether oxygens (including phenoxy) is 1. The number of aliphatic carboxylic acids is 1. The zero-order chi connectivity index (χ0) is 10.8. The van der Waals surface area contributed by atoms with Crippen molar-refractivity contribution < 1.29 is 19.4 Å². The van der Waals surface area contributed by atoms with Crippen LogP contribution in [0.3, 0.4) is 0 Å². The van der Waals surface area contributed by atoms with Crippen LogP contribution >= 0.6 is 11.3 Å². The highest BCUT2D eigenvalue weighted by atomic mass is 32.1. The molecule has 0 radical (unpaired) electrons. The highest BCUT2D eigenvalue weighted by molar-refractivity contribution is 7.09. The zero-order valence-corrected chi connectivity index (χ0v) is 8.57. The molecule has 1 fully saturated rings. The van der Waals surface area contributed by atoms with Gasteiger partial charge in [0.25, 0.3) is 0 Å². The van der Waals surface area contributed by atoms with Crippen molar-refractivity contribution in [1.29, 1.82) is 0 Å². The molecule has 1 atom stereocenters. The van der Waals surface area contributed by atoms with Crippen molar-refractivity contribution in [3.05, 3.63) is 22.4 Å². The number of thiophene rings is 1. The molecular weight excluding hydrogens is 218 g/mol. The number of amides is 1. The Hall–Kier alpha value is -1.56. The minimum atomic E-state index is -1.10. The highest BCUT2D eigenvalue weighted by Gasteiger charge is 2.35. The van der Waals surface area contributed by atoms with Crippen molar-refractivity contribution in [2.24, 2.45) is 0 Å². The topological polar surface area (TPSA) is 66.8 Å². The number of rotatable bonds is 3. The third kappa shape index (κ3) is 2.10. The first kappa shape index (κ1) is 9.97. The van der Waals surface area contributed by atoms with E-state index in [4.69, 9.17) is 5.11 Å². The summed E-state index contributed by atoms with van der Waals surface area (Å²) in [5, 5.41) is 10.6. The van der Waals surface area contributed by atoms with Crippen molar-refractivity contribution in [1.82, 2.24) is 4.90 Å². The molecule has 80 valence electrons. The Labute approximate surface area is 89.9 Å². The molecule has 1 amide bonds. The van der Waals surface area contributed by atoms with Crippen molar-refractivity contribution in [2.75, 3.05) is 6.54 Å². The van der Waals surface area contributed by atoms with E-state index in [1.807, 2.05) is 17.5 Å². The largest absolute Gasteiger partial charge is 0.478 e. The SMILES string of the molecule is O=C(O)C1CN(Cc2cccs2)C(=O)O1. The lowest BCUT2D eigenvalue weighted by Gasteiger charge is -2.10. The third-order valence-corrected chi connectivity index (χ3v) is 2.95. The monoisotopic (exact) mass is 227 g/mol. The number of hydrogen-bond donors (Lipinski definition) is 1. The molecule has 1 aliphatic heterocycles. The Kier molecular flexibility index (Phi) is 2.59.